The summed E-state index contributed by atoms with van der Waals surface area (Å²) >= 11 is 1.50. The van der Waals surface area contributed by atoms with Gasteiger partial charge < -0.3 is 19.0 Å². The van der Waals surface area contributed by atoms with Crippen LogP contribution >= 0.6 is 11.3 Å². The van der Waals surface area contributed by atoms with Crippen molar-refractivity contribution in [3.63, 3.8) is 0 Å². The quantitative estimate of drug-likeness (QED) is 0.232. The zero-order chi connectivity index (χ0) is 23.2. The van der Waals surface area contributed by atoms with Crippen molar-refractivity contribution >= 4 is 28.5 Å². The van der Waals surface area contributed by atoms with E-state index < -0.39 is 0 Å². The number of thiophene rings is 1. The average Bonchev–Trinajstić information content (AvgIpc) is 3.38. The molecule has 2 aromatic heterocycles. The van der Waals surface area contributed by atoms with Crippen molar-refractivity contribution in [2.24, 2.45) is 4.99 Å². The second kappa shape index (κ2) is 10.7. The monoisotopic (exact) mass is 468 g/mol. The van der Waals surface area contributed by atoms with E-state index in [2.05, 4.69) is 16.9 Å². The van der Waals surface area contributed by atoms with E-state index in [0.29, 0.717) is 29.3 Å². The van der Waals surface area contributed by atoms with Crippen LogP contribution in [0, 0.1) is 0 Å². The molecule has 0 bridgehead atoms. The van der Waals surface area contributed by atoms with E-state index in [-0.39, 0.29) is 23.5 Å². The first-order chi connectivity index (χ1) is 16.1. The Bertz CT molecular complexity index is 1130. The van der Waals surface area contributed by atoms with Gasteiger partial charge in [-0.2, -0.15) is 0 Å². The Balaban J connectivity index is 1.55. The summed E-state index contributed by atoms with van der Waals surface area (Å²) in [6, 6.07) is 7.36. The first-order valence-corrected chi connectivity index (χ1v) is 12.2. The minimum absolute atomic E-state index is 0.203. The van der Waals surface area contributed by atoms with E-state index in [4.69, 9.17) is 13.9 Å². The fourth-order valence-corrected chi connectivity index (χ4v) is 4.96. The third-order valence-corrected chi connectivity index (χ3v) is 6.64. The third kappa shape index (κ3) is 5.27. The normalized spacial score (nSPS) is 13.3. The lowest BCUT2D eigenvalue weighted by molar-refractivity contribution is 0.0526. The first kappa shape index (κ1) is 23.0. The van der Waals surface area contributed by atoms with Gasteiger partial charge in [-0.3, -0.25) is 0 Å². The molecule has 1 N–H and O–H groups in total. The second-order valence-electron chi connectivity index (χ2n) is 7.81. The molecule has 0 amide bonds. The molecule has 1 aliphatic carbocycles. The Labute approximate surface area is 197 Å². The molecule has 174 valence electrons. The number of ether oxygens (including phenoxy) is 2. The van der Waals surface area contributed by atoms with Gasteiger partial charge in [-0.1, -0.05) is 13.3 Å². The fourth-order valence-electron chi connectivity index (χ4n) is 3.74. The molecule has 1 aromatic carbocycles. The number of carbonyl (C=O) groups excluding carboxylic acids is 1. The van der Waals surface area contributed by atoms with Gasteiger partial charge in [-0.05, 0) is 68.9 Å². The summed E-state index contributed by atoms with van der Waals surface area (Å²) in [7, 11) is 0. The number of benzene rings is 1. The summed E-state index contributed by atoms with van der Waals surface area (Å²) in [5.74, 6) is 0.384. The molecule has 33 heavy (non-hydrogen) atoms. The Morgan fingerprint density at radius 3 is 2.79 bits per heavy atom. The molecule has 8 heteroatoms. The largest absolute Gasteiger partial charge is 0.494 e. The molecular formula is C25H28N2O5S. The Morgan fingerprint density at radius 1 is 1.24 bits per heavy atom. The average molecular weight is 469 g/mol. The summed E-state index contributed by atoms with van der Waals surface area (Å²) in [6.45, 7) is 4.89. The zero-order valence-corrected chi connectivity index (χ0v) is 19.7. The van der Waals surface area contributed by atoms with E-state index in [0.717, 1.165) is 49.8 Å². The number of aromatic nitrogens is 1. The number of aryl methyl sites for hydroxylation is 1. The number of fused-ring (bicyclic) bond motifs is 1. The molecule has 4 rings (SSSR count). The van der Waals surface area contributed by atoms with Crippen molar-refractivity contribution in [1.29, 1.82) is 0 Å². The number of hydrogen-bond donors (Lipinski definition) is 1. The van der Waals surface area contributed by atoms with Crippen LogP contribution in [0.15, 0.2) is 33.7 Å². The number of rotatable bonds is 9. The van der Waals surface area contributed by atoms with Crippen molar-refractivity contribution < 1.29 is 23.8 Å². The standard InChI is InChI=1S/C25H28N2O5S/c1-3-5-14-31-17-12-10-16(11-13-17)22-27-19(24(28)32-22)15-26-23-21(25(29)30-4-2)18-8-6-7-9-20(18)33-23/h10-13,15,28H,3-9,14H2,1-2H3/b26-15+. The smallest absolute Gasteiger partial charge is 0.341 e. The van der Waals surface area contributed by atoms with Crippen molar-refractivity contribution in [3.05, 3.63) is 46.0 Å². The predicted octanol–water partition coefficient (Wildman–Crippen LogP) is 6.09. The van der Waals surface area contributed by atoms with Crippen molar-refractivity contribution in [2.45, 2.75) is 52.4 Å². The van der Waals surface area contributed by atoms with Crippen LogP contribution in [-0.4, -0.2) is 35.5 Å². The molecule has 7 nitrogen and oxygen atoms in total. The SMILES string of the molecule is CCCCOc1ccc(-c2nc(/C=N/c3sc4c(c3C(=O)OCC)CCCC4)c(O)o2)cc1. The van der Waals surface area contributed by atoms with Crippen LogP contribution in [-0.2, 0) is 17.6 Å². The Morgan fingerprint density at radius 2 is 2.03 bits per heavy atom. The third-order valence-electron chi connectivity index (χ3n) is 5.44. The van der Waals surface area contributed by atoms with Gasteiger partial charge in [0.25, 0.3) is 0 Å². The van der Waals surface area contributed by atoms with Crippen LogP contribution in [0.3, 0.4) is 0 Å². The van der Waals surface area contributed by atoms with Crippen molar-refractivity contribution in [1.82, 2.24) is 4.98 Å². The molecule has 2 heterocycles. The lowest BCUT2D eigenvalue weighted by atomic mass is 9.95. The lowest BCUT2D eigenvalue weighted by Gasteiger charge is -2.11. The van der Waals surface area contributed by atoms with Gasteiger partial charge in [0.2, 0.25) is 5.89 Å². The van der Waals surface area contributed by atoms with Gasteiger partial charge in [-0.15, -0.1) is 11.3 Å². The number of nitrogens with zero attached hydrogens (tertiary/aromatic N) is 2. The summed E-state index contributed by atoms with van der Waals surface area (Å²) in [6.07, 6.45) is 7.47. The number of aliphatic imine (C=N–C) groups is 1. The number of carbonyl (C=O) groups is 1. The van der Waals surface area contributed by atoms with Gasteiger partial charge in [0, 0.05) is 10.4 Å². The van der Waals surface area contributed by atoms with Gasteiger partial charge in [0.15, 0.2) is 5.69 Å². The van der Waals surface area contributed by atoms with Gasteiger partial charge in [-0.25, -0.2) is 14.8 Å². The Kier molecular flexibility index (Phi) is 7.44. The van der Waals surface area contributed by atoms with E-state index in [1.807, 2.05) is 24.3 Å². The highest BCUT2D eigenvalue weighted by Gasteiger charge is 2.26. The molecule has 1 aliphatic rings. The van der Waals surface area contributed by atoms with E-state index >= 15 is 0 Å². The maximum Gasteiger partial charge on any atom is 0.341 e. The number of oxazole rings is 1. The van der Waals surface area contributed by atoms with Crippen LogP contribution in [0.4, 0.5) is 5.00 Å². The second-order valence-corrected chi connectivity index (χ2v) is 8.89. The lowest BCUT2D eigenvalue weighted by Crippen LogP contribution is -2.09. The highest BCUT2D eigenvalue weighted by atomic mass is 32.1. The van der Waals surface area contributed by atoms with Crippen LogP contribution in [0.5, 0.6) is 11.7 Å². The number of hydrogen-bond acceptors (Lipinski definition) is 8. The number of aromatic hydroxyl groups is 1. The maximum absolute atomic E-state index is 12.6. The van der Waals surface area contributed by atoms with Crippen LogP contribution < -0.4 is 4.74 Å². The van der Waals surface area contributed by atoms with Crippen LogP contribution in [0.2, 0.25) is 0 Å². The topological polar surface area (TPSA) is 94.2 Å². The maximum atomic E-state index is 12.6. The number of unbranched alkanes of at least 4 members (excludes halogenated alkanes) is 1. The van der Waals surface area contributed by atoms with E-state index in [1.54, 1.807) is 6.92 Å². The molecule has 0 unspecified atom stereocenters. The minimum atomic E-state index is -0.352. The first-order valence-electron chi connectivity index (χ1n) is 11.4. The van der Waals surface area contributed by atoms with Crippen molar-refractivity contribution in [3.8, 4) is 23.1 Å². The van der Waals surface area contributed by atoms with Crippen molar-refractivity contribution in [2.75, 3.05) is 13.2 Å². The molecule has 0 radical (unpaired) electrons. The molecule has 0 saturated carbocycles. The van der Waals surface area contributed by atoms with E-state index in [1.165, 1.54) is 22.4 Å². The minimum Gasteiger partial charge on any atom is -0.494 e. The highest BCUT2D eigenvalue weighted by Crippen LogP contribution is 2.40. The number of esters is 1. The van der Waals surface area contributed by atoms with Crippen LogP contribution in [0.25, 0.3) is 11.5 Å². The predicted molar refractivity (Wildman–Crippen MR) is 128 cm³/mol. The highest BCUT2D eigenvalue weighted by molar-refractivity contribution is 7.16. The molecule has 0 atom stereocenters. The summed E-state index contributed by atoms with van der Waals surface area (Å²) in [4.78, 5) is 22.6. The molecule has 0 spiro atoms. The van der Waals surface area contributed by atoms with Gasteiger partial charge >= 0.3 is 11.9 Å². The fraction of sp³-hybridized carbons (Fsp3) is 0.400. The molecular weight excluding hydrogens is 440 g/mol. The molecule has 0 saturated heterocycles. The zero-order valence-electron chi connectivity index (χ0n) is 18.9. The van der Waals surface area contributed by atoms with Gasteiger partial charge in [0.1, 0.15) is 10.8 Å². The summed E-state index contributed by atoms with van der Waals surface area (Å²) < 4.78 is 16.4. The van der Waals surface area contributed by atoms with E-state index in [9.17, 15) is 9.90 Å². The van der Waals surface area contributed by atoms with Crippen LogP contribution in [0.1, 0.15) is 66.0 Å². The Hall–Kier alpha value is -3.13. The molecule has 3 aromatic rings. The van der Waals surface area contributed by atoms with Gasteiger partial charge in [0.05, 0.1) is 25.0 Å². The summed E-state index contributed by atoms with van der Waals surface area (Å²) in [5.41, 5.74) is 2.50. The summed E-state index contributed by atoms with van der Waals surface area (Å²) in [5, 5.41) is 10.8. The molecule has 0 fully saturated rings. The molecule has 0 aliphatic heterocycles.